The number of nitrogens with zero attached hydrogens (tertiary/aromatic N) is 3. The molecule has 2 unspecified atom stereocenters. The van der Waals surface area contributed by atoms with E-state index in [0.717, 1.165) is 15.8 Å². The zero-order valence-corrected chi connectivity index (χ0v) is 11.7. The van der Waals surface area contributed by atoms with Gasteiger partial charge in [0, 0.05) is 6.42 Å². The van der Waals surface area contributed by atoms with E-state index in [9.17, 15) is 13.2 Å². The van der Waals surface area contributed by atoms with Crippen LogP contribution in [0.15, 0.2) is 30.5 Å². The molecule has 0 fully saturated rings. The number of hydrogen-bond donors (Lipinski definition) is 1. The van der Waals surface area contributed by atoms with Crippen LogP contribution in [0.25, 0.3) is 0 Å². The summed E-state index contributed by atoms with van der Waals surface area (Å²) in [7, 11) is 0. The molecule has 0 amide bonds. The number of hydrogen-bond acceptors (Lipinski definition) is 3. The van der Waals surface area contributed by atoms with E-state index in [-0.39, 0.29) is 17.8 Å². The molecule has 7 heteroatoms. The topological polar surface area (TPSA) is 53.6 Å². The van der Waals surface area contributed by atoms with Crippen LogP contribution in [-0.4, -0.2) is 16.0 Å². The number of anilines is 1. The summed E-state index contributed by atoms with van der Waals surface area (Å²) >= 11 is 0. The lowest BCUT2D eigenvalue weighted by molar-refractivity contribution is -0.173. The Morgan fingerprint density at radius 2 is 2.00 bits per heavy atom. The number of aryl methyl sites for hydroxylation is 1. The molecule has 1 aromatic carbocycles. The van der Waals surface area contributed by atoms with E-state index in [0.29, 0.717) is 0 Å². The summed E-state index contributed by atoms with van der Waals surface area (Å²) in [5.41, 5.74) is 1.91. The molecule has 1 aliphatic rings. The van der Waals surface area contributed by atoms with Crippen LogP contribution in [0, 0.1) is 18.3 Å². The highest BCUT2D eigenvalue weighted by atomic mass is 19.4. The van der Waals surface area contributed by atoms with Crippen molar-refractivity contribution in [2.75, 3.05) is 5.32 Å². The Morgan fingerprint density at radius 3 is 2.59 bits per heavy atom. The van der Waals surface area contributed by atoms with Crippen LogP contribution in [0.5, 0.6) is 0 Å². The van der Waals surface area contributed by atoms with Crippen LogP contribution in [0.2, 0.25) is 0 Å². The second-order valence-corrected chi connectivity index (χ2v) is 5.36. The molecule has 0 spiro atoms. The first-order valence-electron chi connectivity index (χ1n) is 6.77. The van der Waals surface area contributed by atoms with E-state index in [1.807, 2.05) is 25.1 Å². The normalized spacial score (nSPS) is 20.9. The minimum Gasteiger partial charge on any atom is -0.362 e. The molecule has 0 saturated carbocycles. The highest BCUT2D eigenvalue weighted by Gasteiger charge is 2.46. The smallest absolute Gasteiger partial charge is 0.362 e. The van der Waals surface area contributed by atoms with Gasteiger partial charge in [-0.1, -0.05) is 29.8 Å². The summed E-state index contributed by atoms with van der Waals surface area (Å²) < 4.78 is 40.8. The van der Waals surface area contributed by atoms with Crippen LogP contribution in [0.4, 0.5) is 19.0 Å². The molecule has 1 aliphatic heterocycles. The Morgan fingerprint density at radius 1 is 1.32 bits per heavy atom. The number of nitriles is 1. The van der Waals surface area contributed by atoms with Gasteiger partial charge in [0.1, 0.15) is 17.5 Å². The number of nitrogens with one attached hydrogen (secondary N) is 1. The van der Waals surface area contributed by atoms with Gasteiger partial charge in [-0.05, 0) is 12.5 Å². The average Bonchev–Trinajstić information content (AvgIpc) is 2.88. The Labute approximate surface area is 125 Å². The first-order chi connectivity index (χ1) is 10.4. The zero-order chi connectivity index (χ0) is 15.9. The zero-order valence-electron chi connectivity index (χ0n) is 11.7. The number of fused-ring (bicyclic) bond motifs is 1. The first-order valence-corrected chi connectivity index (χ1v) is 6.77. The van der Waals surface area contributed by atoms with E-state index >= 15 is 0 Å². The van der Waals surface area contributed by atoms with Gasteiger partial charge in [0.2, 0.25) is 0 Å². The second-order valence-electron chi connectivity index (χ2n) is 5.36. The molecule has 0 bridgehead atoms. The summed E-state index contributed by atoms with van der Waals surface area (Å²) in [5, 5.41) is 15.8. The first kappa shape index (κ1) is 14.4. The second kappa shape index (κ2) is 5.05. The number of benzene rings is 1. The molecular weight excluding hydrogens is 293 g/mol. The van der Waals surface area contributed by atoms with Crippen LogP contribution in [0.1, 0.15) is 35.2 Å². The highest BCUT2D eigenvalue weighted by molar-refractivity contribution is 5.54. The van der Waals surface area contributed by atoms with E-state index < -0.39 is 18.3 Å². The van der Waals surface area contributed by atoms with Crippen molar-refractivity contribution in [3.8, 4) is 6.07 Å². The molecule has 0 aliphatic carbocycles. The summed E-state index contributed by atoms with van der Waals surface area (Å²) in [4.78, 5) is 0. The summed E-state index contributed by atoms with van der Waals surface area (Å²) in [6, 6.07) is 6.95. The molecule has 22 heavy (non-hydrogen) atoms. The van der Waals surface area contributed by atoms with Crippen LogP contribution >= 0.6 is 0 Å². The van der Waals surface area contributed by atoms with E-state index in [1.54, 1.807) is 12.1 Å². The average molecular weight is 306 g/mol. The van der Waals surface area contributed by atoms with Gasteiger partial charge in [-0.25, -0.2) is 4.68 Å². The van der Waals surface area contributed by atoms with Crippen LogP contribution in [0.3, 0.4) is 0 Å². The van der Waals surface area contributed by atoms with E-state index in [2.05, 4.69) is 10.4 Å². The SMILES string of the molecule is Cc1ccc(C2CC(C(F)(F)F)n3ncc(C#N)c3N2)cc1. The molecule has 2 heterocycles. The third-order valence-corrected chi connectivity index (χ3v) is 3.84. The molecule has 1 aromatic heterocycles. The van der Waals surface area contributed by atoms with Crippen molar-refractivity contribution < 1.29 is 13.2 Å². The van der Waals surface area contributed by atoms with Crippen molar-refractivity contribution >= 4 is 5.82 Å². The van der Waals surface area contributed by atoms with Gasteiger partial charge < -0.3 is 5.32 Å². The minimum atomic E-state index is -4.42. The highest BCUT2D eigenvalue weighted by Crippen LogP contribution is 2.44. The van der Waals surface area contributed by atoms with Crippen molar-refractivity contribution in [1.29, 1.82) is 5.26 Å². The number of alkyl halides is 3. The third kappa shape index (κ3) is 2.41. The molecule has 114 valence electrons. The summed E-state index contributed by atoms with van der Waals surface area (Å²) in [5.74, 6) is 0.127. The monoisotopic (exact) mass is 306 g/mol. The van der Waals surface area contributed by atoms with Crippen molar-refractivity contribution in [3.63, 3.8) is 0 Å². The van der Waals surface area contributed by atoms with Crippen molar-refractivity contribution in [2.24, 2.45) is 0 Å². The van der Waals surface area contributed by atoms with Crippen LogP contribution in [-0.2, 0) is 0 Å². The molecule has 0 radical (unpaired) electrons. The minimum absolute atomic E-state index is 0.117. The molecule has 4 nitrogen and oxygen atoms in total. The standard InChI is InChI=1S/C15H13F3N4/c1-9-2-4-10(5-3-9)12-6-13(15(16,17)18)22-14(21-12)11(7-19)8-20-22/h2-5,8,12-13,21H,6H2,1H3. The Balaban J connectivity index is 2.03. The molecule has 0 saturated heterocycles. The van der Waals surface area contributed by atoms with Gasteiger partial charge in [-0.2, -0.15) is 23.5 Å². The largest absolute Gasteiger partial charge is 0.410 e. The van der Waals surface area contributed by atoms with Gasteiger partial charge in [0.25, 0.3) is 0 Å². The fourth-order valence-corrected chi connectivity index (χ4v) is 2.66. The maximum Gasteiger partial charge on any atom is 0.410 e. The molecular formula is C15H13F3N4. The maximum absolute atomic E-state index is 13.3. The maximum atomic E-state index is 13.3. The Kier molecular flexibility index (Phi) is 3.32. The molecule has 3 rings (SSSR count). The van der Waals surface area contributed by atoms with E-state index in [1.165, 1.54) is 6.20 Å². The third-order valence-electron chi connectivity index (χ3n) is 3.84. The molecule has 1 N–H and O–H groups in total. The van der Waals surface area contributed by atoms with Gasteiger partial charge in [-0.3, -0.25) is 0 Å². The van der Waals surface area contributed by atoms with Crippen LogP contribution < -0.4 is 5.32 Å². The van der Waals surface area contributed by atoms with Crippen molar-refractivity contribution in [1.82, 2.24) is 9.78 Å². The van der Waals surface area contributed by atoms with Gasteiger partial charge in [-0.15, -0.1) is 0 Å². The van der Waals surface area contributed by atoms with Gasteiger partial charge >= 0.3 is 6.18 Å². The Bertz CT molecular complexity index is 725. The molecule has 2 atom stereocenters. The summed E-state index contributed by atoms with van der Waals surface area (Å²) in [6.07, 6.45) is -3.41. The van der Waals surface area contributed by atoms with Crippen molar-refractivity contribution in [3.05, 3.63) is 47.2 Å². The van der Waals surface area contributed by atoms with E-state index in [4.69, 9.17) is 5.26 Å². The fraction of sp³-hybridized carbons (Fsp3) is 0.333. The molecule has 2 aromatic rings. The number of halogens is 3. The van der Waals surface area contributed by atoms with Gasteiger partial charge in [0.15, 0.2) is 6.04 Å². The lowest BCUT2D eigenvalue weighted by Crippen LogP contribution is -2.35. The summed E-state index contributed by atoms with van der Waals surface area (Å²) in [6.45, 7) is 1.92. The lowest BCUT2D eigenvalue weighted by Gasteiger charge is -2.33. The quantitative estimate of drug-likeness (QED) is 0.873. The van der Waals surface area contributed by atoms with Gasteiger partial charge in [0.05, 0.1) is 12.2 Å². The fourth-order valence-electron chi connectivity index (χ4n) is 2.66. The predicted octanol–water partition coefficient (Wildman–Crippen LogP) is 3.72. The Hall–Kier alpha value is -2.49. The van der Waals surface area contributed by atoms with Crippen molar-refractivity contribution in [2.45, 2.75) is 31.6 Å². The number of aromatic nitrogens is 2. The lowest BCUT2D eigenvalue weighted by atomic mass is 9.96. The predicted molar refractivity (Wildman–Crippen MR) is 74.2 cm³/mol. The number of rotatable bonds is 1.